The van der Waals surface area contributed by atoms with E-state index in [4.69, 9.17) is 4.74 Å². The molecule has 0 saturated carbocycles. The van der Waals surface area contributed by atoms with Gasteiger partial charge in [-0.05, 0) is 41.9 Å². The van der Waals surface area contributed by atoms with E-state index in [1.54, 1.807) is 13.2 Å². The molecule has 0 aromatic heterocycles. The number of halogens is 1. The third-order valence-corrected chi connectivity index (χ3v) is 3.03. The highest BCUT2D eigenvalue weighted by atomic mass is 19.1. The summed E-state index contributed by atoms with van der Waals surface area (Å²) in [4.78, 5) is 0. The molecule has 0 amide bonds. The van der Waals surface area contributed by atoms with E-state index >= 15 is 0 Å². The minimum absolute atomic E-state index is 0.168. The van der Waals surface area contributed by atoms with Crippen LogP contribution in [0.3, 0.4) is 0 Å². The van der Waals surface area contributed by atoms with Crippen molar-refractivity contribution in [2.75, 3.05) is 13.7 Å². The van der Waals surface area contributed by atoms with Crippen molar-refractivity contribution in [1.29, 1.82) is 0 Å². The van der Waals surface area contributed by atoms with Gasteiger partial charge in [0.15, 0.2) is 0 Å². The van der Waals surface area contributed by atoms with Gasteiger partial charge in [-0.2, -0.15) is 0 Å². The highest BCUT2D eigenvalue weighted by Gasteiger charge is 2.05. The van der Waals surface area contributed by atoms with E-state index in [1.807, 2.05) is 37.3 Å². The molecular weight excluding hydrogens is 241 g/mol. The molecule has 19 heavy (non-hydrogen) atoms. The van der Waals surface area contributed by atoms with E-state index in [2.05, 4.69) is 5.32 Å². The molecule has 0 aliphatic rings. The lowest BCUT2D eigenvalue weighted by Crippen LogP contribution is -2.12. The predicted octanol–water partition coefficient (Wildman–Crippen LogP) is 3.61. The lowest BCUT2D eigenvalue weighted by Gasteiger charge is -2.08. The number of methoxy groups -OCH3 is 1. The molecule has 0 aliphatic carbocycles. The molecule has 0 aliphatic heterocycles. The van der Waals surface area contributed by atoms with Crippen LogP contribution in [0.15, 0.2) is 42.5 Å². The Balaban J connectivity index is 2.28. The highest BCUT2D eigenvalue weighted by molar-refractivity contribution is 5.65. The maximum absolute atomic E-state index is 13.7. The van der Waals surface area contributed by atoms with Gasteiger partial charge >= 0.3 is 0 Å². The molecule has 0 fully saturated rings. The van der Waals surface area contributed by atoms with E-state index in [0.717, 1.165) is 23.4 Å². The van der Waals surface area contributed by atoms with Gasteiger partial charge in [0.25, 0.3) is 0 Å². The van der Waals surface area contributed by atoms with Crippen LogP contribution < -0.4 is 10.1 Å². The molecule has 100 valence electrons. The van der Waals surface area contributed by atoms with Crippen molar-refractivity contribution in [2.45, 2.75) is 13.5 Å². The van der Waals surface area contributed by atoms with E-state index < -0.39 is 0 Å². The molecule has 2 aromatic rings. The Morgan fingerprint density at radius 1 is 1.05 bits per heavy atom. The zero-order chi connectivity index (χ0) is 13.7. The maximum atomic E-state index is 13.7. The summed E-state index contributed by atoms with van der Waals surface area (Å²) in [6.07, 6.45) is 0. The van der Waals surface area contributed by atoms with Crippen molar-refractivity contribution in [2.24, 2.45) is 0 Å². The fourth-order valence-corrected chi connectivity index (χ4v) is 1.93. The van der Waals surface area contributed by atoms with Crippen molar-refractivity contribution in [3.8, 4) is 16.9 Å². The van der Waals surface area contributed by atoms with E-state index in [9.17, 15) is 4.39 Å². The smallest absolute Gasteiger partial charge is 0.127 e. The zero-order valence-electron chi connectivity index (χ0n) is 11.2. The Kier molecular flexibility index (Phi) is 4.53. The van der Waals surface area contributed by atoms with Crippen LogP contribution in [0, 0.1) is 5.82 Å². The largest absolute Gasteiger partial charge is 0.497 e. The van der Waals surface area contributed by atoms with E-state index in [1.165, 1.54) is 6.07 Å². The van der Waals surface area contributed by atoms with E-state index in [0.29, 0.717) is 12.1 Å². The van der Waals surface area contributed by atoms with Crippen molar-refractivity contribution in [1.82, 2.24) is 5.32 Å². The predicted molar refractivity (Wildman–Crippen MR) is 75.8 cm³/mol. The normalized spacial score (nSPS) is 10.5. The van der Waals surface area contributed by atoms with Gasteiger partial charge in [0.1, 0.15) is 11.6 Å². The molecule has 0 heterocycles. The topological polar surface area (TPSA) is 21.3 Å². The summed E-state index contributed by atoms with van der Waals surface area (Å²) >= 11 is 0. The van der Waals surface area contributed by atoms with Gasteiger partial charge in [-0.25, -0.2) is 4.39 Å². The number of ether oxygens (including phenoxy) is 1. The van der Waals surface area contributed by atoms with Crippen LogP contribution in [0.25, 0.3) is 11.1 Å². The number of hydrogen-bond donors (Lipinski definition) is 1. The summed E-state index contributed by atoms with van der Waals surface area (Å²) in [5, 5.41) is 3.14. The van der Waals surface area contributed by atoms with Crippen LogP contribution in [0.4, 0.5) is 4.39 Å². The SMILES string of the molecule is CCNCc1cc(-c2ccc(OC)cc2)ccc1F. The standard InChI is InChI=1S/C16H18FNO/c1-3-18-11-14-10-13(6-9-16(14)17)12-4-7-15(19-2)8-5-12/h4-10,18H,3,11H2,1-2H3. The lowest BCUT2D eigenvalue weighted by molar-refractivity contribution is 0.415. The highest BCUT2D eigenvalue weighted by Crippen LogP contribution is 2.24. The summed E-state index contributed by atoms with van der Waals surface area (Å²) in [5.41, 5.74) is 2.76. The number of benzene rings is 2. The van der Waals surface area contributed by atoms with Crippen LogP contribution >= 0.6 is 0 Å². The Hall–Kier alpha value is -1.87. The third kappa shape index (κ3) is 3.32. The first-order chi connectivity index (χ1) is 9.24. The molecule has 0 radical (unpaired) electrons. The average Bonchev–Trinajstić information content (AvgIpc) is 2.46. The van der Waals surface area contributed by atoms with Gasteiger partial charge in [-0.3, -0.25) is 0 Å². The number of hydrogen-bond acceptors (Lipinski definition) is 2. The minimum Gasteiger partial charge on any atom is -0.497 e. The molecule has 0 atom stereocenters. The molecule has 0 saturated heterocycles. The molecule has 0 spiro atoms. The molecule has 2 nitrogen and oxygen atoms in total. The molecular formula is C16H18FNO. The Labute approximate surface area is 113 Å². The van der Waals surface area contributed by atoms with Crippen LogP contribution in [-0.2, 0) is 6.54 Å². The van der Waals surface area contributed by atoms with Crippen LogP contribution in [0.1, 0.15) is 12.5 Å². The fraction of sp³-hybridized carbons (Fsp3) is 0.250. The average molecular weight is 259 g/mol. The maximum Gasteiger partial charge on any atom is 0.127 e. The minimum atomic E-state index is -0.168. The number of rotatable bonds is 5. The zero-order valence-corrected chi connectivity index (χ0v) is 11.2. The second-order valence-corrected chi connectivity index (χ2v) is 4.32. The van der Waals surface area contributed by atoms with Crippen molar-refractivity contribution >= 4 is 0 Å². The second-order valence-electron chi connectivity index (χ2n) is 4.32. The molecule has 1 N–H and O–H groups in total. The van der Waals surface area contributed by atoms with Crippen molar-refractivity contribution in [3.05, 3.63) is 53.8 Å². The first kappa shape index (κ1) is 13.6. The first-order valence-electron chi connectivity index (χ1n) is 6.38. The summed E-state index contributed by atoms with van der Waals surface area (Å²) in [5.74, 6) is 0.650. The monoisotopic (exact) mass is 259 g/mol. The van der Waals surface area contributed by atoms with Gasteiger partial charge in [0, 0.05) is 12.1 Å². The van der Waals surface area contributed by atoms with Gasteiger partial charge in [0.05, 0.1) is 7.11 Å². The van der Waals surface area contributed by atoms with Crippen LogP contribution in [-0.4, -0.2) is 13.7 Å². The van der Waals surface area contributed by atoms with Crippen molar-refractivity contribution in [3.63, 3.8) is 0 Å². The molecule has 3 heteroatoms. The quantitative estimate of drug-likeness (QED) is 0.885. The Morgan fingerprint density at radius 2 is 1.74 bits per heavy atom. The molecule has 0 bridgehead atoms. The summed E-state index contributed by atoms with van der Waals surface area (Å²) in [7, 11) is 1.64. The van der Waals surface area contributed by atoms with Gasteiger partial charge in [0.2, 0.25) is 0 Å². The van der Waals surface area contributed by atoms with E-state index in [-0.39, 0.29) is 5.82 Å². The van der Waals surface area contributed by atoms with Gasteiger partial charge in [-0.1, -0.05) is 25.1 Å². The van der Waals surface area contributed by atoms with Gasteiger partial charge in [-0.15, -0.1) is 0 Å². The third-order valence-electron chi connectivity index (χ3n) is 3.03. The van der Waals surface area contributed by atoms with Crippen LogP contribution in [0.5, 0.6) is 5.75 Å². The molecule has 2 rings (SSSR count). The summed E-state index contributed by atoms with van der Waals surface area (Å²) in [6.45, 7) is 3.38. The molecule has 0 unspecified atom stereocenters. The Bertz CT molecular complexity index is 537. The van der Waals surface area contributed by atoms with Crippen molar-refractivity contribution < 1.29 is 9.13 Å². The lowest BCUT2D eigenvalue weighted by atomic mass is 10.0. The van der Waals surface area contributed by atoms with Gasteiger partial charge < -0.3 is 10.1 Å². The first-order valence-corrected chi connectivity index (χ1v) is 6.38. The number of nitrogens with one attached hydrogen (secondary N) is 1. The van der Waals surface area contributed by atoms with Crippen LogP contribution in [0.2, 0.25) is 0 Å². The Morgan fingerprint density at radius 3 is 2.37 bits per heavy atom. The second kappa shape index (κ2) is 6.34. The molecule has 2 aromatic carbocycles. The summed E-state index contributed by atoms with van der Waals surface area (Å²) in [6, 6.07) is 13.0. The fourth-order valence-electron chi connectivity index (χ4n) is 1.93. The summed E-state index contributed by atoms with van der Waals surface area (Å²) < 4.78 is 18.8.